The highest BCUT2D eigenvalue weighted by Crippen LogP contribution is 2.29. The zero-order valence-electron chi connectivity index (χ0n) is 16.0. The van der Waals surface area contributed by atoms with Gasteiger partial charge in [-0.25, -0.2) is 4.79 Å². The Labute approximate surface area is 170 Å². The van der Waals surface area contributed by atoms with Crippen molar-refractivity contribution in [3.63, 3.8) is 0 Å². The number of hydrogen-bond donors (Lipinski definition) is 1. The van der Waals surface area contributed by atoms with Gasteiger partial charge in [0.05, 0.1) is 18.6 Å². The zero-order valence-corrected chi connectivity index (χ0v) is 16.8. The van der Waals surface area contributed by atoms with Gasteiger partial charge in [0.25, 0.3) is 5.91 Å². The van der Waals surface area contributed by atoms with Crippen molar-refractivity contribution in [3.05, 3.63) is 46.5 Å². The maximum Gasteiger partial charge on any atom is 0.341 e. The number of nitrogens with zero attached hydrogens (tertiary/aromatic N) is 1. The summed E-state index contributed by atoms with van der Waals surface area (Å²) in [5.41, 5.74) is 1.31. The summed E-state index contributed by atoms with van der Waals surface area (Å²) >= 11 is 1.29. The number of hydrogen-bond acceptors (Lipinski definition) is 8. The minimum Gasteiger partial charge on any atom is -0.462 e. The first kappa shape index (κ1) is 20.5. The van der Waals surface area contributed by atoms with E-state index in [1.165, 1.54) is 11.3 Å². The van der Waals surface area contributed by atoms with Gasteiger partial charge in [0.1, 0.15) is 10.7 Å². The Morgan fingerprint density at radius 1 is 1.17 bits per heavy atom. The molecule has 0 saturated carbocycles. The first-order valence-electron chi connectivity index (χ1n) is 9.10. The molecule has 9 heteroatoms. The number of nitrogens with one attached hydrogen (secondary N) is 1. The van der Waals surface area contributed by atoms with Crippen LogP contribution in [0.4, 0.5) is 5.00 Å². The minimum absolute atomic E-state index is 0.114. The molecule has 0 saturated heterocycles. The van der Waals surface area contributed by atoms with Crippen LogP contribution >= 0.6 is 11.3 Å². The molecule has 3 rings (SSSR count). The van der Waals surface area contributed by atoms with Gasteiger partial charge in [-0.3, -0.25) is 9.59 Å². The normalized spacial score (nSPS) is 10.7. The second kappa shape index (κ2) is 9.33. The van der Waals surface area contributed by atoms with Crippen LogP contribution in [0.5, 0.6) is 0 Å². The Balaban J connectivity index is 1.58. The number of thiophene rings is 1. The molecule has 2 heterocycles. The van der Waals surface area contributed by atoms with E-state index in [0.717, 1.165) is 10.3 Å². The van der Waals surface area contributed by atoms with Gasteiger partial charge >= 0.3 is 11.9 Å². The molecular weight excluding hydrogens is 396 g/mol. The van der Waals surface area contributed by atoms with Crippen LogP contribution in [0, 0.1) is 0 Å². The quantitative estimate of drug-likeness (QED) is 0.561. The number of benzene rings is 1. The Hall–Kier alpha value is -3.20. The van der Waals surface area contributed by atoms with Crippen LogP contribution in [-0.2, 0) is 31.9 Å². The maximum absolute atomic E-state index is 12.2. The monoisotopic (exact) mass is 416 g/mol. The Bertz CT molecular complexity index is 1040. The van der Waals surface area contributed by atoms with E-state index in [1.807, 2.05) is 13.0 Å². The number of ether oxygens (including phenoxy) is 2. The van der Waals surface area contributed by atoms with E-state index in [1.54, 1.807) is 31.2 Å². The molecule has 0 aliphatic carbocycles. The molecule has 1 amide bonds. The average Bonchev–Trinajstić information content (AvgIpc) is 3.31. The van der Waals surface area contributed by atoms with Crippen molar-refractivity contribution in [1.82, 2.24) is 5.16 Å². The van der Waals surface area contributed by atoms with Crippen LogP contribution in [0.25, 0.3) is 11.0 Å². The first-order valence-corrected chi connectivity index (χ1v) is 9.92. The molecule has 0 spiro atoms. The predicted molar refractivity (Wildman–Crippen MR) is 107 cm³/mol. The van der Waals surface area contributed by atoms with Gasteiger partial charge in [-0.1, -0.05) is 24.2 Å². The van der Waals surface area contributed by atoms with Crippen molar-refractivity contribution in [1.29, 1.82) is 0 Å². The van der Waals surface area contributed by atoms with Gasteiger partial charge in [0, 0.05) is 10.3 Å². The van der Waals surface area contributed by atoms with Gasteiger partial charge < -0.3 is 19.3 Å². The van der Waals surface area contributed by atoms with Gasteiger partial charge in [-0.05, 0) is 31.5 Å². The molecule has 29 heavy (non-hydrogen) atoms. The van der Waals surface area contributed by atoms with Crippen molar-refractivity contribution in [2.45, 2.75) is 26.7 Å². The average molecular weight is 416 g/mol. The molecule has 0 aliphatic rings. The number of rotatable bonds is 8. The lowest BCUT2D eigenvalue weighted by atomic mass is 10.2. The molecule has 0 aliphatic heterocycles. The topological polar surface area (TPSA) is 108 Å². The molecule has 152 valence electrons. The van der Waals surface area contributed by atoms with Gasteiger partial charge in [-0.15, -0.1) is 11.3 Å². The lowest BCUT2D eigenvalue weighted by Gasteiger charge is -2.07. The third-order valence-corrected chi connectivity index (χ3v) is 5.20. The number of fused-ring (bicyclic) bond motifs is 1. The summed E-state index contributed by atoms with van der Waals surface area (Å²) in [5.74, 6) is -1.66. The molecule has 1 N–H and O–H groups in total. The molecule has 1 aromatic carbocycles. The van der Waals surface area contributed by atoms with E-state index in [0.29, 0.717) is 28.3 Å². The molecule has 8 nitrogen and oxygen atoms in total. The second-order valence-electron chi connectivity index (χ2n) is 6.04. The summed E-state index contributed by atoms with van der Waals surface area (Å²) in [6, 6.07) is 8.85. The van der Waals surface area contributed by atoms with E-state index < -0.39 is 24.5 Å². The lowest BCUT2D eigenvalue weighted by Crippen LogP contribution is -2.22. The number of aryl methyl sites for hydroxylation is 1. The number of carbonyl (C=O) groups is 3. The van der Waals surface area contributed by atoms with Crippen molar-refractivity contribution in [2.75, 3.05) is 18.5 Å². The highest BCUT2D eigenvalue weighted by atomic mass is 32.1. The smallest absolute Gasteiger partial charge is 0.341 e. The molecule has 2 aromatic heterocycles. The summed E-state index contributed by atoms with van der Waals surface area (Å²) in [4.78, 5) is 37.2. The van der Waals surface area contributed by atoms with Crippen molar-refractivity contribution in [2.24, 2.45) is 0 Å². The third-order valence-electron chi connectivity index (χ3n) is 4.01. The number of anilines is 1. The largest absolute Gasteiger partial charge is 0.462 e. The van der Waals surface area contributed by atoms with E-state index in [4.69, 9.17) is 14.0 Å². The van der Waals surface area contributed by atoms with Gasteiger partial charge in [0.15, 0.2) is 12.2 Å². The van der Waals surface area contributed by atoms with E-state index in [2.05, 4.69) is 10.5 Å². The molecule has 0 fully saturated rings. The third kappa shape index (κ3) is 5.00. The first-order chi connectivity index (χ1) is 14.0. The molecule has 3 aromatic rings. The minimum atomic E-state index is -0.606. The highest BCUT2D eigenvalue weighted by molar-refractivity contribution is 7.16. The highest BCUT2D eigenvalue weighted by Gasteiger charge is 2.20. The summed E-state index contributed by atoms with van der Waals surface area (Å²) in [6.45, 7) is 3.41. The Morgan fingerprint density at radius 2 is 1.97 bits per heavy atom. The molecule has 0 bridgehead atoms. The second-order valence-corrected chi connectivity index (χ2v) is 7.18. The van der Waals surface area contributed by atoms with Gasteiger partial charge in [-0.2, -0.15) is 0 Å². The molecule has 0 unspecified atom stereocenters. The van der Waals surface area contributed by atoms with Crippen molar-refractivity contribution < 1.29 is 28.4 Å². The number of carbonyl (C=O) groups excluding carboxylic acids is 3. The van der Waals surface area contributed by atoms with Crippen LogP contribution in [0.15, 0.2) is 34.9 Å². The Morgan fingerprint density at radius 3 is 2.72 bits per heavy atom. The van der Waals surface area contributed by atoms with Crippen LogP contribution in [0.1, 0.15) is 34.8 Å². The number of aromatic nitrogens is 1. The Kier molecular flexibility index (Phi) is 6.61. The maximum atomic E-state index is 12.2. The van der Waals surface area contributed by atoms with Crippen molar-refractivity contribution >= 4 is 45.2 Å². The lowest BCUT2D eigenvalue weighted by molar-refractivity contribution is -0.146. The van der Waals surface area contributed by atoms with Crippen LogP contribution in [0.3, 0.4) is 0 Å². The van der Waals surface area contributed by atoms with Crippen molar-refractivity contribution in [3.8, 4) is 0 Å². The summed E-state index contributed by atoms with van der Waals surface area (Å²) in [7, 11) is 0. The summed E-state index contributed by atoms with van der Waals surface area (Å²) in [6.07, 6.45) is 0.602. The summed E-state index contributed by atoms with van der Waals surface area (Å²) < 4.78 is 15.2. The SMILES string of the molecule is CCOC(=O)c1cc(CC)sc1NC(=O)COC(=O)Cc1noc2ccccc12. The summed E-state index contributed by atoms with van der Waals surface area (Å²) in [5, 5.41) is 7.58. The fourth-order valence-corrected chi connectivity index (χ4v) is 3.63. The van der Waals surface area contributed by atoms with E-state index in [-0.39, 0.29) is 13.0 Å². The molecule has 0 atom stereocenters. The molecule has 0 radical (unpaired) electrons. The zero-order chi connectivity index (χ0) is 20.8. The standard InChI is InChI=1S/C20H20N2O6S/c1-3-12-9-14(20(25)26-4-2)19(29-12)21-17(23)11-27-18(24)10-15-13-7-5-6-8-16(13)28-22-15/h5-9H,3-4,10-11H2,1-2H3,(H,21,23). The van der Waals surface area contributed by atoms with Crippen LogP contribution in [-0.4, -0.2) is 36.2 Å². The van der Waals surface area contributed by atoms with Crippen LogP contribution < -0.4 is 5.32 Å². The van der Waals surface area contributed by atoms with Gasteiger partial charge in [0.2, 0.25) is 0 Å². The fourth-order valence-electron chi connectivity index (χ4n) is 2.63. The number of esters is 2. The molecular formula is C20H20N2O6S. The predicted octanol–water partition coefficient (Wildman–Crippen LogP) is 3.35. The van der Waals surface area contributed by atoms with E-state index >= 15 is 0 Å². The number of amides is 1. The fraction of sp³-hybridized carbons (Fsp3) is 0.300. The van der Waals surface area contributed by atoms with Crippen LogP contribution in [0.2, 0.25) is 0 Å². The number of para-hydroxylation sites is 1. The van der Waals surface area contributed by atoms with E-state index in [9.17, 15) is 14.4 Å².